The molecule has 0 aliphatic carbocycles. The maximum atomic E-state index is 12.7. The predicted octanol–water partition coefficient (Wildman–Crippen LogP) is 9.63. The Bertz CT molecular complexity index is 773. The molecule has 9 heteroatoms. The predicted molar refractivity (Wildman–Crippen MR) is 194 cm³/mol. The van der Waals surface area contributed by atoms with Crippen molar-refractivity contribution in [2.45, 2.75) is 180 Å². The lowest BCUT2D eigenvalue weighted by Crippen LogP contribution is -2.45. The minimum absolute atomic E-state index is 0.0638. The standard InChI is InChI=1S/C37H75N2O6P/c1-6-8-10-12-14-15-16-17-18-19-20-21-22-23-25-26-28-30-36(40)35(34-45-46(42,43)44-33-32-39(3,4)5)38-37(41)31-29-27-24-13-11-9-7-2/h28,30,35-36,40H,6-27,29,31-34H2,1-5H3,(H-,38,41,42,43)/p+1/b30-28+. The number of rotatable bonds is 34. The van der Waals surface area contributed by atoms with Gasteiger partial charge in [0.25, 0.3) is 0 Å². The molecular weight excluding hydrogens is 599 g/mol. The van der Waals surface area contributed by atoms with E-state index in [1.807, 2.05) is 27.2 Å². The van der Waals surface area contributed by atoms with Gasteiger partial charge in [0.05, 0.1) is 39.9 Å². The zero-order valence-corrected chi connectivity index (χ0v) is 31.7. The van der Waals surface area contributed by atoms with Crippen molar-refractivity contribution in [2.24, 2.45) is 0 Å². The summed E-state index contributed by atoms with van der Waals surface area (Å²) in [5.74, 6) is -0.184. The number of carbonyl (C=O) groups is 1. The fourth-order valence-corrected chi connectivity index (χ4v) is 6.13. The fourth-order valence-electron chi connectivity index (χ4n) is 5.39. The monoisotopic (exact) mass is 676 g/mol. The van der Waals surface area contributed by atoms with E-state index in [0.29, 0.717) is 17.4 Å². The second-order valence-corrected chi connectivity index (χ2v) is 15.8. The van der Waals surface area contributed by atoms with Gasteiger partial charge in [-0.15, -0.1) is 0 Å². The van der Waals surface area contributed by atoms with E-state index in [-0.39, 0.29) is 19.1 Å². The highest BCUT2D eigenvalue weighted by Crippen LogP contribution is 2.43. The quantitative estimate of drug-likeness (QED) is 0.0272. The van der Waals surface area contributed by atoms with Crippen LogP contribution in [0.25, 0.3) is 0 Å². The van der Waals surface area contributed by atoms with E-state index < -0.39 is 20.0 Å². The van der Waals surface area contributed by atoms with Crippen LogP contribution >= 0.6 is 7.82 Å². The van der Waals surface area contributed by atoms with E-state index >= 15 is 0 Å². The van der Waals surface area contributed by atoms with Crippen LogP contribution in [0.4, 0.5) is 0 Å². The SMILES string of the molecule is CCCCCCCCCCCCCCCCC/C=C/C(O)C(COP(=O)(O)OCC[N+](C)(C)C)NC(=O)CCCCCCCCC. The molecule has 0 spiro atoms. The lowest BCUT2D eigenvalue weighted by Gasteiger charge is -2.25. The van der Waals surface area contributed by atoms with Crippen LogP contribution in [0.15, 0.2) is 12.2 Å². The molecule has 0 aromatic carbocycles. The molecule has 0 aromatic rings. The highest BCUT2D eigenvalue weighted by Gasteiger charge is 2.27. The van der Waals surface area contributed by atoms with Crippen molar-refractivity contribution in [3.63, 3.8) is 0 Å². The van der Waals surface area contributed by atoms with Gasteiger partial charge >= 0.3 is 7.82 Å². The van der Waals surface area contributed by atoms with Gasteiger partial charge in [0.2, 0.25) is 5.91 Å². The minimum Gasteiger partial charge on any atom is -0.387 e. The Morgan fingerprint density at radius 3 is 1.61 bits per heavy atom. The molecule has 3 N–H and O–H groups in total. The Kier molecular flexibility index (Phi) is 29.8. The third kappa shape index (κ3) is 31.8. The van der Waals surface area contributed by atoms with Gasteiger partial charge < -0.3 is 19.8 Å². The summed E-state index contributed by atoms with van der Waals surface area (Å²) >= 11 is 0. The van der Waals surface area contributed by atoms with E-state index in [1.54, 1.807) is 6.08 Å². The van der Waals surface area contributed by atoms with Gasteiger partial charge in [0.15, 0.2) is 0 Å². The van der Waals surface area contributed by atoms with E-state index in [2.05, 4.69) is 19.2 Å². The Morgan fingerprint density at radius 1 is 0.717 bits per heavy atom. The van der Waals surface area contributed by atoms with Crippen molar-refractivity contribution >= 4 is 13.7 Å². The number of aliphatic hydroxyl groups excluding tert-OH is 1. The van der Waals surface area contributed by atoms with E-state index in [4.69, 9.17) is 9.05 Å². The maximum absolute atomic E-state index is 12.7. The Hall–Kier alpha value is -0.760. The number of nitrogens with one attached hydrogen (secondary N) is 1. The van der Waals surface area contributed by atoms with Crippen LogP contribution in [-0.4, -0.2) is 73.4 Å². The van der Waals surface area contributed by atoms with Gasteiger partial charge in [-0.05, 0) is 19.3 Å². The molecule has 3 unspecified atom stereocenters. The molecule has 0 radical (unpaired) electrons. The first-order valence-electron chi connectivity index (χ1n) is 19.1. The molecule has 0 heterocycles. The van der Waals surface area contributed by atoms with Crippen LogP contribution in [-0.2, 0) is 18.4 Å². The summed E-state index contributed by atoms with van der Waals surface area (Å²) in [5.41, 5.74) is 0. The Balaban J connectivity index is 4.42. The fraction of sp³-hybridized carbons (Fsp3) is 0.919. The number of nitrogens with zero attached hydrogens (tertiary/aromatic N) is 1. The van der Waals surface area contributed by atoms with Crippen molar-refractivity contribution < 1.29 is 32.9 Å². The van der Waals surface area contributed by atoms with E-state index in [0.717, 1.165) is 38.5 Å². The topological polar surface area (TPSA) is 105 Å². The lowest BCUT2D eigenvalue weighted by molar-refractivity contribution is -0.870. The van der Waals surface area contributed by atoms with Crippen LogP contribution in [0, 0.1) is 0 Å². The third-order valence-electron chi connectivity index (χ3n) is 8.51. The number of hydrogen-bond acceptors (Lipinski definition) is 5. The number of hydrogen-bond donors (Lipinski definition) is 3. The first-order chi connectivity index (χ1) is 22.0. The number of aliphatic hydroxyl groups is 1. The molecule has 274 valence electrons. The number of quaternary nitrogens is 1. The summed E-state index contributed by atoms with van der Waals surface area (Å²) in [6.07, 6.45) is 31.4. The molecule has 0 rings (SSSR count). The first-order valence-corrected chi connectivity index (χ1v) is 20.6. The zero-order valence-electron chi connectivity index (χ0n) is 30.8. The van der Waals surface area contributed by atoms with Crippen LogP contribution in [0.2, 0.25) is 0 Å². The molecule has 0 aliphatic rings. The number of amides is 1. The zero-order chi connectivity index (χ0) is 34.4. The molecule has 1 amide bonds. The largest absolute Gasteiger partial charge is 0.472 e. The molecule has 0 saturated heterocycles. The second kappa shape index (κ2) is 30.3. The number of unbranched alkanes of at least 4 members (excludes halogenated alkanes) is 21. The molecule has 0 fully saturated rings. The summed E-state index contributed by atoms with van der Waals surface area (Å²) in [4.78, 5) is 22.8. The number of phosphoric acid groups is 1. The van der Waals surface area contributed by atoms with Crippen molar-refractivity contribution in [2.75, 3.05) is 40.9 Å². The molecule has 0 aromatic heterocycles. The summed E-state index contributed by atoms with van der Waals surface area (Å²) in [5, 5.41) is 13.7. The highest BCUT2D eigenvalue weighted by molar-refractivity contribution is 7.47. The molecule has 3 atom stereocenters. The number of carbonyl (C=O) groups excluding carboxylic acids is 1. The molecular formula is C37H76N2O6P+. The molecule has 46 heavy (non-hydrogen) atoms. The van der Waals surface area contributed by atoms with Gasteiger partial charge in [-0.3, -0.25) is 13.8 Å². The summed E-state index contributed by atoms with van der Waals surface area (Å²) in [7, 11) is 1.57. The highest BCUT2D eigenvalue weighted by atomic mass is 31.2. The molecule has 0 saturated carbocycles. The summed E-state index contributed by atoms with van der Waals surface area (Å²) < 4.78 is 23.4. The maximum Gasteiger partial charge on any atom is 0.472 e. The average molecular weight is 676 g/mol. The molecule has 8 nitrogen and oxygen atoms in total. The number of phosphoric ester groups is 1. The number of allylic oxidation sites excluding steroid dienone is 1. The van der Waals surface area contributed by atoms with Crippen LogP contribution in [0.1, 0.15) is 168 Å². The third-order valence-corrected chi connectivity index (χ3v) is 9.49. The van der Waals surface area contributed by atoms with Crippen molar-refractivity contribution in [1.82, 2.24) is 5.32 Å². The molecule has 0 aliphatic heterocycles. The van der Waals surface area contributed by atoms with Crippen LogP contribution in [0.5, 0.6) is 0 Å². The van der Waals surface area contributed by atoms with Gasteiger partial charge in [-0.1, -0.05) is 154 Å². The van der Waals surface area contributed by atoms with Crippen molar-refractivity contribution in [3.05, 3.63) is 12.2 Å². The van der Waals surface area contributed by atoms with Crippen molar-refractivity contribution in [1.29, 1.82) is 0 Å². The minimum atomic E-state index is -4.32. The van der Waals surface area contributed by atoms with E-state index in [9.17, 15) is 19.4 Å². The summed E-state index contributed by atoms with van der Waals surface area (Å²) in [6, 6.07) is -0.836. The second-order valence-electron chi connectivity index (χ2n) is 14.3. The summed E-state index contributed by atoms with van der Waals surface area (Å²) in [6.45, 7) is 4.75. The van der Waals surface area contributed by atoms with E-state index in [1.165, 1.54) is 109 Å². The molecule has 0 bridgehead atoms. The Labute approximate surface area is 284 Å². The van der Waals surface area contributed by atoms with Crippen molar-refractivity contribution in [3.8, 4) is 0 Å². The Morgan fingerprint density at radius 2 is 1.15 bits per heavy atom. The average Bonchev–Trinajstić information content (AvgIpc) is 2.99. The lowest BCUT2D eigenvalue weighted by atomic mass is 10.0. The van der Waals surface area contributed by atoms with Crippen LogP contribution < -0.4 is 5.32 Å². The first kappa shape index (κ1) is 45.2. The number of likely N-dealkylation sites (N-methyl/N-ethyl adjacent to an activating group) is 1. The van der Waals surface area contributed by atoms with Gasteiger partial charge in [-0.25, -0.2) is 4.57 Å². The van der Waals surface area contributed by atoms with Gasteiger partial charge in [-0.2, -0.15) is 0 Å². The van der Waals surface area contributed by atoms with Gasteiger partial charge in [0.1, 0.15) is 13.2 Å². The normalized spacial score (nSPS) is 14.8. The van der Waals surface area contributed by atoms with Crippen LogP contribution in [0.3, 0.4) is 0 Å². The smallest absolute Gasteiger partial charge is 0.387 e. The van der Waals surface area contributed by atoms with Gasteiger partial charge in [0, 0.05) is 6.42 Å².